The van der Waals surface area contributed by atoms with Gasteiger partial charge in [0, 0.05) is 11.8 Å². The molecule has 0 radical (unpaired) electrons. The molecule has 26 heavy (non-hydrogen) atoms. The van der Waals surface area contributed by atoms with Crippen LogP contribution in [0, 0.1) is 0 Å². The van der Waals surface area contributed by atoms with Crippen LogP contribution in [0.3, 0.4) is 0 Å². The van der Waals surface area contributed by atoms with Gasteiger partial charge in [0.15, 0.2) is 0 Å². The van der Waals surface area contributed by atoms with Gasteiger partial charge in [-0.05, 0) is 50.5 Å². The van der Waals surface area contributed by atoms with Crippen LogP contribution in [0.5, 0.6) is 5.75 Å². The molecule has 0 heterocycles. The summed E-state index contributed by atoms with van der Waals surface area (Å²) in [6, 6.07) is 15.7. The fraction of sp³-hybridized carbons (Fsp3) is 0.273. The highest BCUT2D eigenvalue weighted by Crippen LogP contribution is 2.19. The minimum absolute atomic E-state index is 0.476. The number of nitrogens with zero attached hydrogens (tertiary/aromatic N) is 1. The minimum atomic E-state index is -0.613. The van der Waals surface area contributed by atoms with E-state index in [4.69, 9.17) is 9.47 Å². The number of hydrogen-bond donors (Lipinski definition) is 0. The normalized spacial score (nSPS) is 11.3. The molecule has 2 aromatic rings. The molecule has 0 spiro atoms. The van der Waals surface area contributed by atoms with Gasteiger partial charge in [-0.15, -0.1) is 6.58 Å². The van der Waals surface area contributed by atoms with Crippen LogP contribution in [0.4, 0.5) is 4.79 Å². The first-order valence-electron chi connectivity index (χ1n) is 8.55. The smallest absolute Gasteiger partial charge is 0.434 e. The lowest BCUT2D eigenvalue weighted by Gasteiger charge is -2.17. The number of ether oxygens (including phenoxy) is 2. The van der Waals surface area contributed by atoms with Crippen LogP contribution < -0.4 is 4.74 Å². The summed E-state index contributed by atoms with van der Waals surface area (Å²) in [6.07, 6.45) is 3.39. The van der Waals surface area contributed by atoms with E-state index in [0.717, 1.165) is 16.7 Å². The monoisotopic (exact) mass is 351 g/mol. The van der Waals surface area contributed by atoms with Gasteiger partial charge in [0.05, 0.1) is 0 Å². The Morgan fingerprint density at radius 1 is 1.15 bits per heavy atom. The lowest BCUT2D eigenvalue weighted by Crippen LogP contribution is -2.21. The van der Waals surface area contributed by atoms with E-state index in [9.17, 15) is 4.79 Å². The SMILES string of the molecule is C=CCc1ccc(OCc2ccccc2)cc1/C=N\C(=O)OC(C)(C)C. The van der Waals surface area contributed by atoms with Crippen LogP contribution in [0.25, 0.3) is 0 Å². The molecular weight excluding hydrogens is 326 g/mol. The van der Waals surface area contributed by atoms with Crippen LogP contribution in [0.1, 0.15) is 37.5 Å². The Bertz CT molecular complexity index is 774. The van der Waals surface area contributed by atoms with Crippen LogP contribution in [0.15, 0.2) is 66.2 Å². The topological polar surface area (TPSA) is 47.9 Å². The van der Waals surface area contributed by atoms with Crippen LogP contribution in [-0.2, 0) is 17.8 Å². The molecule has 0 N–H and O–H groups in total. The maximum Gasteiger partial charge on any atom is 0.434 e. The van der Waals surface area contributed by atoms with E-state index < -0.39 is 11.7 Å². The molecule has 0 unspecified atom stereocenters. The first kappa shape index (κ1) is 19.4. The van der Waals surface area contributed by atoms with Gasteiger partial charge in [-0.1, -0.05) is 42.5 Å². The number of carbonyl (C=O) groups is 1. The summed E-state index contributed by atoms with van der Waals surface area (Å²) in [5.74, 6) is 0.715. The maximum atomic E-state index is 11.8. The first-order chi connectivity index (χ1) is 12.4. The van der Waals surface area contributed by atoms with Crippen molar-refractivity contribution in [3.05, 3.63) is 77.9 Å². The summed E-state index contributed by atoms with van der Waals surface area (Å²) in [6.45, 7) is 9.67. The van der Waals surface area contributed by atoms with Crippen molar-refractivity contribution in [3.63, 3.8) is 0 Å². The number of hydrogen-bond acceptors (Lipinski definition) is 3. The zero-order valence-corrected chi connectivity index (χ0v) is 15.6. The summed E-state index contributed by atoms with van der Waals surface area (Å²) in [5, 5.41) is 0. The molecule has 0 bridgehead atoms. The van der Waals surface area contributed by atoms with E-state index in [-0.39, 0.29) is 0 Å². The quantitative estimate of drug-likeness (QED) is 0.521. The highest BCUT2D eigenvalue weighted by molar-refractivity contribution is 5.90. The largest absolute Gasteiger partial charge is 0.489 e. The second-order valence-electron chi connectivity index (χ2n) is 6.87. The van der Waals surface area contributed by atoms with Gasteiger partial charge < -0.3 is 9.47 Å². The van der Waals surface area contributed by atoms with E-state index in [2.05, 4.69) is 11.6 Å². The lowest BCUT2D eigenvalue weighted by atomic mass is 10.0. The molecule has 2 aromatic carbocycles. The highest BCUT2D eigenvalue weighted by Gasteiger charge is 2.15. The van der Waals surface area contributed by atoms with Gasteiger partial charge in [-0.25, -0.2) is 4.79 Å². The van der Waals surface area contributed by atoms with Crippen molar-refractivity contribution in [2.45, 2.75) is 39.4 Å². The zero-order valence-electron chi connectivity index (χ0n) is 15.6. The van der Waals surface area contributed by atoms with Crippen molar-refractivity contribution in [2.24, 2.45) is 4.99 Å². The third-order valence-electron chi connectivity index (χ3n) is 3.43. The van der Waals surface area contributed by atoms with Crippen molar-refractivity contribution in [1.82, 2.24) is 0 Å². The highest BCUT2D eigenvalue weighted by atomic mass is 16.6. The predicted octanol–water partition coefficient (Wildman–Crippen LogP) is 5.35. The van der Waals surface area contributed by atoms with Gasteiger partial charge in [0.25, 0.3) is 0 Å². The third kappa shape index (κ3) is 6.55. The minimum Gasteiger partial charge on any atom is -0.489 e. The molecule has 0 fully saturated rings. The Morgan fingerprint density at radius 3 is 2.54 bits per heavy atom. The molecule has 136 valence electrons. The van der Waals surface area contributed by atoms with Crippen LogP contribution in [-0.4, -0.2) is 17.9 Å². The van der Waals surface area contributed by atoms with Gasteiger partial charge >= 0.3 is 6.09 Å². The van der Waals surface area contributed by atoms with E-state index in [0.29, 0.717) is 18.8 Å². The number of benzene rings is 2. The number of carbonyl (C=O) groups excluding carboxylic acids is 1. The summed E-state index contributed by atoms with van der Waals surface area (Å²) in [5.41, 5.74) is 2.34. The Labute approximate surface area is 155 Å². The third-order valence-corrected chi connectivity index (χ3v) is 3.43. The van der Waals surface area contributed by atoms with Gasteiger partial charge in [-0.3, -0.25) is 0 Å². The lowest BCUT2D eigenvalue weighted by molar-refractivity contribution is 0.0605. The Balaban J connectivity index is 2.14. The molecule has 0 aliphatic heterocycles. The molecule has 0 atom stereocenters. The molecular formula is C22H25NO3. The second-order valence-corrected chi connectivity index (χ2v) is 6.87. The second kappa shape index (κ2) is 8.99. The molecule has 2 rings (SSSR count). The molecule has 0 saturated carbocycles. The fourth-order valence-electron chi connectivity index (χ4n) is 2.28. The molecule has 0 aliphatic rings. The average Bonchev–Trinajstić information content (AvgIpc) is 2.59. The standard InChI is InChI=1S/C22H25NO3/c1-5-9-18-12-13-20(25-16-17-10-7-6-8-11-17)14-19(18)15-23-21(24)26-22(2,3)4/h5-8,10-15H,1,9,16H2,2-4H3/b23-15-. The first-order valence-corrected chi connectivity index (χ1v) is 8.55. The molecule has 0 aliphatic carbocycles. The summed E-state index contributed by atoms with van der Waals surface area (Å²) in [7, 11) is 0. The Kier molecular flexibility index (Phi) is 6.73. The summed E-state index contributed by atoms with van der Waals surface area (Å²) in [4.78, 5) is 15.7. The predicted molar refractivity (Wildman–Crippen MR) is 105 cm³/mol. The number of rotatable bonds is 6. The van der Waals surface area contributed by atoms with Crippen molar-refractivity contribution in [1.29, 1.82) is 0 Å². The Hall–Kier alpha value is -2.88. The average molecular weight is 351 g/mol. The Morgan fingerprint density at radius 2 is 1.88 bits per heavy atom. The van der Waals surface area contributed by atoms with Crippen molar-refractivity contribution in [2.75, 3.05) is 0 Å². The van der Waals surface area contributed by atoms with Crippen molar-refractivity contribution in [3.8, 4) is 5.75 Å². The van der Waals surface area contributed by atoms with Gasteiger partial charge in [0.2, 0.25) is 0 Å². The summed E-state index contributed by atoms with van der Waals surface area (Å²) < 4.78 is 11.1. The molecule has 0 saturated heterocycles. The van der Waals surface area contributed by atoms with Gasteiger partial charge in [-0.2, -0.15) is 4.99 Å². The van der Waals surface area contributed by atoms with E-state index >= 15 is 0 Å². The number of amides is 1. The number of aliphatic imine (C=N–C) groups is 1. The van der Waals surface area contributed by atoms with Crippen LogP contribution in [0.2, 0.25) is 0 Å². The molecule has 4 heteroatoms. The van der Waals surface area contributed by atoms with Crippen LogP contribution >= 0.6 is 0 Å². The summed E-state index contributed by atoms with van der Waals surface area (Å²) >= 11 is 0. The molecule has 1 amide bonds. The van der Waals surface area contributed by atoms with E-state index in [1.165, 1.54) is 6.21 Å². The van der Waals surface area contributed by atoms with E-state index in [1.54, 1.807) is 0 Å². The number of allylic oxidation sites excluding steroid dienone is 1. The molecule has 0 aromatic heterocycles. The van der Waals surface area contributed by atoms with Gasteiger partial charge in [0.1, 0.15) is 18.0 Å². The van der Waals surface area contributed by atoms with Crippen molar-refractivity contribution < 1.29 is 14.3 Å². The van der Waals surface area contributed by atoms with E-state index in [1.807, 2.05) is 75.4 Å². The zero-order chi connectivity index (χ0) is 19.0. The maximum absolute atomic E-state index is 11.8. The van der Waals surface area contributed by atoms with Crippen molar-refractivity contribution >= 4 is 12.3 Å². The fourth-order valence-corrected chi connectivity index (χ4v) is 2.28. The molecule has 4 nitrogen and oxygen atoms in total.